The molecule has 2 heterocycles. The third kappa shape index (κ3) is 2.46. The summed E-state index contributed by atoms with van der Waals surface area (Å²) >= 11 is 0.197. The molecule has 0 saturated heterocycles. The van der Waals surface area contributed by atoms with Gasteiger partial charge in [0.05, 0.1) is 0 Å². The topological polar surface area (TPSA) is 57.8 Å². The zero-order valence-corrected chi connectivity index (χ0v) is 12.6. The molecule has 0 fully saturated rings. The van der Waals surface area contributed by atoms with E-state index in [1.807, 2.05) is 30.5 Å². The maximum atomic E-state index is 11.7. The summed E-state index contributed by atoms with van der Waals surface area (Å²) in [5.41, 5.74) is 1.41. The molecule has 100 valence electrons. The molecule has 0 aliphatic carbocycles. The van der Waals surface area contributed by atoms with Crippen LogP contribution >= 0.6 is 0 Å². The third-order valence-corrected chi connectivity index (χ3v) is 5.19. The summed E-state index contributed by atoms with van der Waals surface area (Å²) in [6.07, 6.45) is 3.58. The second-order valence-electron chi connectivity index (χ2n) is 4.27. The van der Waals surface area contributed by atoms with Crippen molar-refractivity contribution < 1.29 is 4.79 Å². The molecule has 1 amide bonds. The molecule has 0 aliphatic rings. The van der Waals surface area contributed by atoms with Crippen molar-refractivity contribution in [2.24, 2.45) is 0 Å². The number of H-pyrrole nitrogens is 1. The summed E-state index contributed by atoms with van der Waals surface area (Å²) in [6.45, 7) is 0. The van der Waals surface area contributed by atoms with Gasteiger partial charge in [-0.25, -0.2) is 0 Å². The van der Waals surface area contributed by atoms with Gasteiger partial charge in [-0.3, -0.25) is 0 Å². The number of nitrogens with zero attached hydrogens (tertiary/aromatic N) is 1. The molecular formula is C15H13N3OSe. The Bertz CT molecular complexity index is 752. The van der Waals surface area contributed by atoms with E-state index in [0.717, 1.165) is 11.0 Å². The van der Waals surface area contributed by atoms with Crippen LogP contribution in [0.25, 0.3) is 11.0 Å². The van der Waals surface area contributed by atoms with Crippen molar-refractivity contribution in [1.82, 2.24) is 15.3 Å². The van der Waals surface area contributed by atoms with E-state index in [1.165, 1.54) is 8.92 Å². The molecule has 2 N–H and O–H groups in total. The van der Waals surface area contributed by atoms with Crippen LogP contribution in [0.5, 0.6) is 0 Å². The summed E-state index contributed by atoms with van der Waals surface area (Å²) in [5.74, 6) is -0.112. The Balaban J connectivity index is 2.01. The number of benzene rings is 1. The zero-order valence-electron chi connectivity index (χ0n) is 10.9. The molecule has 3 aromatic rings. The molecular weight excluding hydrogens is 317 g/mol. The first-order valence-corrected chi connectivity index (χ1v) is 7.91. The number of aromatic amines is 1. The van der Waals surface area contributed by atoms with E-state index < -0.39 is 0 Å². The van der Waals surface area contributed by atoms with Crippen LogP contribution in [0, 0.1) is 0 Å². The van der Waals surface area contributed by atoms with Gasteiger partial charge in [0.2, 0.25) is 0 Å². The molecule has 2 aromatic heterocycles. The Morgan fingerprint density at radius 3 is 2.85 bits per heavy atom. The fourth-order valence-corrected chi connectivity index (χ4v) is 3.90. The molecule has 0 saturated carbocycles. The number of rotatable bonds is 3. The van der Waals surface area contributed by atoms with Crippen molar-refractivity contribution in [3.8, 4) is 0 Å². The van der Waals surface area contributed by atoms with Crippen LogP contribution < -0.4 is 14.2 Å². The van der Waals surface area contributed by atoms with Gasteiger partial charge < -0.3 is 0 Å². The normalized spacial score (nSPS) is 10.7. The summed E-state index contributed by atoms with van der Waals surface area (Å²) in [7, 11) is 1.62. The minimum atomic E-state index is -0.112. The van der Waals surface area contributed by atoms with Gasteiger partial charge in [0.15, 0.2) is 0 Å². The zero-order chi connectivity index (χ0) is 13.9. The second kappa shape index (κ2) is 5.49. The molecule has 0 radical (unpaired) electrons. The van der Waals surface area contributed by atoms with Gasteiger partial charge in [-0.1, -0.05) is 0 Å². The van der Waals surface area contributed by atoms with Crippen LogP contribution in [0.2, 0.25) is 0 Å². The molecule has 20 heavy (non-hydrogen) atoms. The molecule has 0 spiro atoms. The Labute approximate surface area is 122 Å². The Morgan fingerprint density at radius 2 is 2.10 bits per heavy atom. The number of hydrogen-bond acceptors (Lipinski definition) is 2. The number of fused-ring (bicyclic) bond motifs is 1. The number of nitrogens with one attached hydrogen (secondary N) is 2. The van der Waals surface area contributed by atoms with E-state index in [-0.39, 0.29) is 20.9 Å². The van der Waals surface area contributed by atoms with Crippen molar-refractivity contribution in [1.29, 1.82) is 0 Å². The number of carbonyl (C=O) groups excluding carboxylic acids is 1. The van der Waals surface area contributed by atoms with Crippen molar-refractivity contribution in [3.05, 3.63) is 54.4 Å². The molecule has 4 nitrogen and oxygen atoms in total. The number of aromatic nitrogens is 2. The molecule has 0 bridgehead atoms. The fraction of sp³-hybridized carbons (Fsp3) is 0.0667. The van der Waals surface area contributed by atoms with Crippen LogP contribution in [0.4, 0.5) is 0 Å². The summed E-state index contributed by atoms with van der Waals surface area (Å²) in [6, 6.07) is 12.2. The first-order valence-electron chi connectivity index (χ1n) is 6.20. The van der Waals surface area contributed by atoms with E-state index in [9.17, 15) is 4.79 Å². The maximum absolute atomic E-state index is 11.7. The van der Waals surface area contributed by atoms with Crippen LogP contribution in [-0.4, -0.2) is 37.9 Å². The quantitative estimate of drug-likeness (QED) is 0.690. The van der Waals surface area contributed by atoms with Gasteiger partial charge >= 0.3 is 122 Å². The Kier molecular flexibility index (Phi) is 3.54. The van der Waals surface area contributed by atoms with Gasteiger partial charge in [-0.2, -0.15) is 0 Å². The molecule has 3 rings (SSSR count). The Hall–Kier alpha value is -2.10. The van der Waals surface area contributed by atoms with Crippen LogP contribution in [-0.2, 0) is 0 Å². The Morgan fingerprint density at radius 1 is 1.30 bits per heavy atom. The molecule has 1 aromatic carbocycles. The van der Waals surface area contributed by atoms with Gasteiger partial charge in [-0.15, -0.1) is 0 Å². The standard InChI is InChI=1S/C15H13N3OSe/c1-16-15(19)10-7-12-13(9-18-14(12)17-8-10)20-11-5-3-2-4-6-11/h2-9H,1H3,(H,16,19)(H,17,18). The first kappa shape index (κ1) is 12.9. The predicted octanol–water partition coefficient (Wildman–Crippen LogP) is 0.577. The number of amides is 1. The van der Waals surface area contributed by atoms with E-state index in [4.69, 9.17) is 0 Å². The average Bonchev–Trinajstić information content (AvgIpc) is 2.90. The van der Waals surface area contributed by atoms with Crippen LogP contribution in [0.1, 0.15) is 10.4 Å². The predicted molar refractivity (Wildman–Crippen MR) is 80.9 cm³/mol. The van der Waals surface area contributed by atoms with Crippen LogP contribution in [0.3, 0.4) is 0 Å². The van der Waals surface area contributed by atoms with Gasteiger partial charge in [0, 0.05) is 0 Å². The summed E-state index contributed by atoms with van der Waals surface area (Å²) in [5, 5.41) is 3.65. The molecule has 0 unspecified atom stereocenters. The average molecular weight is 330 g/mol. The molecule has 0 atom stereocenters. The van der Waals surface area contributed by atoms with E-state index in [1.54, 1.807) is 13.2 Å². The van der Waals surface area contributed by atoms with Crippen molar-refractivity contribution in [2.75, 3.05) is 7.05 Å². The van der Waals surface area contributed by atoms with Gasteiger partial charge in [0.1, 0.15) is 0 Å². The van der Waals surface area contributed by atoms with E-state index in [0.29, 0.717) is 5.56 Å². The number of pyridine rings is 1. The van der Waals surface area contributed by atoms with Crippen LogP contribution in [0.15, 0.2) is 48.8 Å². The number of hydrogen-bond donors (Lipinski definition) is 2. The second-order valence-corrected chi connectivity index (χ2v) is 6.61. The van der Waals surface area contributed by atoms with E-state index in [2.05, 4.69) is 27.4 Å². The van der Waals surface area contributed by atoms with Crippen molar-refractivity contribution in [2.45, 2.75) is 0 Å². The molecule has 0 aliphatic heterocycles. The summed E-state index contributed by atoms with van der Waals surface area (Å²) in [4.78, 5) is 19.2. The monoisotopic (exact) mass is 331 g/mol. The number of carbonyl (C=O) groups is 1. The fourth-order valence-electron chi connectivity index (χ4n) is 1.95. The van der Waals surface area contributed by atoms with Gasteiger partial charge in [0.25, 0.3) is 0 Å². The minimum absolute atomic E-state index is 0.112. The van der Waals surface area contributed by atoms with Crippen molar-refractivity contribution >= 4 is 40.8 Å². The van der Waals surface area contributed by atoms with Crippen molar-refractivity contribution in [3.63, 3.8) is 0 Å². The first-order chi connectivity index (χ1) is 9.78. The van der Waals surface area contributed by atoms with Gasteiger partial charge in [-0.05, 0) is 0 Å². The summed E-state index contributed by atoms with van der Waals surface area (Å²) < 4.78 is 2.50. The van der Waals surface area contributed by atoms with E-state index >= 15 is 0 Å². The molecule has 5 heteroatoms. The SMILES string of the molecule is CNC(=O)c1cnc2[nH]cc([Se]c3ccccc3)c2c1. The third-order valence-electron chi connectivity index (χ3n) is 2.95.